The zero-order valence-electron chi connectivity index (χ0n) is 9.89. The summed E-state index contributed by atoms with van der Waals surface area (Å²) in [6.07, 6.45) is 0.260. The van der Waals surface area contributed by atoms with E-state index in [9.17, 15) is 13.6 Å². The van der Waals surface area contributed by atoms with Crippen LogP contribution in [0.4, 0.5) is 14.5 Å². The lowest BCUT2D eigenvalue weighted by atomic mass is 10.3. The molecule has 1 aromatic rings. The van der Waals surface area contributed by atoms with Crippen LogP contribution >= 0.6 is 0 Å². The molecule has 0 heterocycles. The second-order valence-electron chi connectivity index (χ2n) is 4.06. The van der Waals surface area contributed by atoms with Gasteiger partial charge in [-0.3, -0.25) is 4.79 Å². The quantitative estimate of drug-likeness (QED) is 0.831. The maximum atomic E-state index is 12.8. The van der Waals surface area contributed by atoms with Crippen LogP contribution in [0, 0.1) is 11.6 Å². The van der Waals surface area contributed by atoms with Gasteiger partial charge in [0.15, 0.2) is 0 Å². The molecule has 0 fully saturated rings. The molecule has 0 saturated carbocycles. The monoisotopic (exact) mass is 242 g/mol. The molecule has 0 aliphatic rings. The molecule has 0 atom stereocenters. The van der Waals surface area contributed by atoms with E-state index in [1.54, 1.807) is 0 Å². The van der Waals surface area contributed by atoms with Gasteiger partial charge in [0.25, 0.3) is 0 Å². The number of carbonyl (C=O) groups is 1. The van der Waals surface area contributed by atoms with Crippen LogP contribution in [0.15, 0.2) is 18.2 Å². The van der Waals surface area contributed by atoms with Crippen molar-refractivity contribution in [1.29, 1.82) is 0 Å². The van der Waals surface area contributed by atoms with Crippen molar-refractivity contribution in [3.8, 4) is 0 Å². The first kappa shape index (κ1) is 13.4. The van der Waals surface area contributed by atoms with Crippen LogP contribution in [0.2, 0.25) is 0 Å². The maximum absolute atomic E-state index is 12.8. The molecule has 3 nitrogen and oxygen atoms in total. The molecular weight excluding hydrogens is 226 g/mol. The molecule has 5 heteroatoms. The molecule has 0 unspecified atom stereocenters. The van der Waals surface area contributed by atoms with Crippen molar-refractivity contribution in [3.63, 3.8) is 0 Å². The summed E-state index contributed by atoms with van der Waals surface area (Å²) in [5.74, 6) is -1.37. The number of amides is 1. The van der Waals surface area contributed by atoms with E-state index in [1.165, 1.54) is 12.1 Å². The highest BCUT2D eigenvalue weighted by Crippen LogP contribution is 2.12. The third-order valence-corrected chi connectivity index (χ3v) is 1.99. The normalized spacial score (nSPS) is 10.4. The Morgan fingerprint density at radius 3 is 2.35 bits per heavy atom. The number of carbonyl (C=O) groups excluding carboxylic acids is 1. The molecule has 0 saturated heterocycles. The van der Waals surface area contributed by atoms with Gasteiger partial charge in [-0.1, -0.05) is 0 Å². The summed E-state index contributed by atoms with van der Waals surface area (Å²) in [4.78, 5) is 11.3. The summed E-state index contributed by atoms with van der Waals surface area (Å²) in [7, 11) is 0. The Morgan fingerprint density at radius 2 is 1.82 bits per heavy atom. The fraction of sp³-hybridized carbons (Fsp3) is 0.417. The van der Waals surface area contributed by atoms with Gasteiger partial charge in [0.05, 0.1) is 0 Å². The summed E-state index contributed by atoms with van der Waals surface area (Å²) in [5.41, 5.74) is 0.333. The Morgan fingerprint density at radius 1 is 1.24 bits per heavy atom. The van der Waals surface area contributed by atoms with E-state index in [0.717, 1.165) is 6.07 Å². The Bertz CT molecular complexity index is 374. The van der Waals surface area contributed by atoms with E-state index in [1.807, 2.05) is 13.8 Å². The van der Waals surface area contributed by atoms with Crippen molar-refractivity contribution in [1.82, 2.24) is 5.32 Å². The van der Waals surface area contributed by atoms with E-state index < -0.39 is 11.6 Å². The molecule has 17 heavy (non-hydrogen) atoms. The van der Waals surface area contributed by atoms with Crippen molar-refractivity contribution < 1.29 is 13.6 Å². The molecule has 0 aromatic heterocycles. The lowest BCUT2D eigenvalue weighted by molar-refractivity contribution is -0.121. The highest BCUT2D eigenvalue weighted by molar-refractivity contribution is 5.76. The Hall–Kier alpha value is -1.65. The summed E-state index contributed by atoms with van der Waals surface area (Å²) < 4.78 is 25.7. The number of rotatable bonds is 5. The van der Waals surface area contributed by atoms with E-state index in [0.29, 0.717) is 12.2 Å². The minimum Gasteiger partial charge on any atom is -0.384 e. The molecule has 0 radical (unpaired) electrons. The van der Waals surface area contributed by atoms with Crippen LogP contribution in [-0.2, 0) is 4.79 Å². The van der Waals surface area contributed by atoms with Gasteiger partial charge in [-0.2, -0.15) is 0 Å². The van der Waals surface area contributed by atoms with Crippen LogP contribution in [-0.4, -0.2) is 18.5 Å². The largest absolute Gasteiger partial charge is 0.384 e. The molecule has 1 aromatic carbocycles. The van der Waals surface area contributed by atoms with Gasteiger partial charge in [-0.25, -0.2) is 8.78 Å². The predicted octanol–water partition coefficient (Wildman–Crippen LogP) is 2.29. The van der Waals surface area contributed by atoms with Crippen LogP contribution in [0.5, 0.6) is 0 Å². The van der Waals surface area contributed by atoms with Gasteiger partial charge in [-0.05, 0) is 26.0 Å². The first-order valence-corrected chi connectivity index (χ1v) is 5.46. The van der Waals surface area contributed by atoms with Crippen LogP contribution in [0.25, 0.3) is 0 Å². The van der Waals surface area contributed by atoms with E-state index in [-0.39, 0.29) is 18.4 Å². The average molecular weight is 242 g/mol. The minimum absolute atomic E-state index is 0.0918. The molecule has 94 valence electrons. The predicted molar refractivity (Wildman–Crippen MR) is 62.7 cm³/mol. The number of benzene rings is 1. The number of hydrogen-bond acceptors (Lipinski definition) is 2. The second kappa shape index (κ2) is 6.18. The van der Waals surface area contributed by atoms with Crippen molar-refractivity contribution in [2.75, 3.05) is 11.9 Å². The highest BCUT2D eigenvalue weighted by atomic mass is 19.1. The average Bonchev–Trinajstić information content (AvgIpc) is 2.14. The van der Waals surface area contributed by atoms with Gasteiger partial charge in [0, 0.05) is 30.8 Å². The summed E-state index contributed by atoms with van der Waals surface area (Å²) >= 11 is 0. The first-order chi connectivity index (χ1) is 7.97. The third kappa shape index (κ3) is 5.29. The number of hydrogen-bond donors (Lipinski definition) is 2. The number of halogens is 2. The first-order valence-electron chi connectivity index (χ1n) is 5.46. The number of nitrogens with one attached hydrogen (secondary N) is 2. The molecule has 1 amide bonds. The van der Waals surface area contributed by atoms with Crippen molar-refractivity contribution in [2.45, 2.75) is 26.3 Å². The molecular formula is C12H16F2N2O. The molecule has 0 spiro atoms. The standard InChI is InChI=1S/C12H16F2N2O/c1-8(2)16-12(17)3-4-15-11-6-9(13)5-10(14)7-11/h5-8,15H,3-4H2,1-2H3,(H,16,17). The fourth-order valence-corrected chi connectivity index (χ4v) is 1.37. The van der Waals surface area contributed by atoms with Gasteiger partial charge in [0.2, 0.25) is 5.91 Å². The highest BCUT2D eigenvalue weighted by Gasteiger charge is 2.04. The van der Waals surface area contributed by atoms with Gasteiger partial charge < -0.3 is 10.6 Å². The zero-order valence-corrected chi connectivity index (χ0v) is 9.89. The lowest BCUT2D eigenvalue weighted by Crippen LogP contribution is -2.31. The maximum Gasteiger partial charge on any atom is 0.221 e. The third-order valence-electron chi connectivity index (χ3n) is 1.99. The van der Waals surface area contributed by atoms with Gasteiger partial charge in [-0.15, -0.1) is 0 Å². The Balaban J connectivity index is 2.38. The van der Waals surface area contributed by atoms with Crippen LogP contribution in [0.3, 0.4) is 0 Å². The SMILES string of the molecule is CC(C)NC(=O)CCNc1cc(F)cc(F)c1. The smallest absolute Gasteiger partial charge is 0.221 e. The zero-order chi connectivity index (χ0) is 12.8. The lowest BCUT2D eigenvalue weighted by Gasteiger charge is -2.09. The van der Waals surface area contributed by atoms with Crippen molar-refractivity contribution in [2.24, 2.45) is 0 Å². The van der Waals surface area contributed by atoms with Gasteiger partial charge in [0.1, 0.15) is 11.6 Å². The second-order valence-corrected chi connectivity index (χ2v) is 4.06. The summed E-state index contributed by atoms with van der Waals surface area (Å²) in [6, 6.07) is 3.26. The van der Waals surface area contributed by atoms with Crippen LogP contribution < -0.4 is 10.6 Å². The van der Waals surface area contributed by atoms with Crippen molar-refractivity contribution in [3.05, 3.63) is 29.8 Å². The summed E-state index contributed by atoms with van der Waals surface area (Å²) in [6.45, 7) is 4.07. The minimum atomic E-state index is -0.640. The topological polar surface area (TPSA) is 41.1 Å². The summed E-state index contributed by atoms with van der Waals surface area (Å²) in [5, 5.41) is 5.51. The number of anilines is 1. The van der Waals surface area contributed by atoms with Crippen molar-refractivity contribution >= 4 is 11.6 Å². The molecule has 0 bridgehead atoms. The Kier molecular flexibility index (Phi) is 4.87. The molecule has 2 N–H and O–H groups in total. The van der Waals surface area contributed by atoms with E-state index in [2.05, 4.69) is 10.6 Å². The molecule has 1 rings (SSSR count). The van der Waals surface area contributed by atoms with Crippen LogP contribution in [0.1, 0.15) is 20.3 Å². The fourth-order valence-electron chi connectivity index (χ4n) is 1.37. The van der Waals surface area contributed by atoms with E-state index >= 15 is 0 Å². The molecule has 0 aliphatic carbocycles. The molecule has 0 aliphatic heterocycles. The Labute approximate surface area is 99.2 Å². The van der Waals surface area contributed by atoms with E-state index in [4.69, 9.17) is 0 Å². The van der Waals surface area contributed by atoms with Gasteiger partial charge >= 0.3 is 0 Å².